The number of H-pyrrole nitrogens is 1. The molecule has 0 saturated heterocycles. The molecular formula is C13H15N5. The Bertz CT molecular complexity index is 553. The van der Waals surface area contributed by atoms with Gasteiger partial charge in [-0.25, -0.2) is 0 Å². The largest absolute Gasteiger partial charge is 0.398 e. The average Bonchev–Trinajstić information content (AvgIpc) is 2.87. The lowest BCUT2D eigenvalue weighted by Crippen LogP contribution is -2.06. The standard InChI is InChI=1S/C13H15N5/c1-9(11-7-16-17-8-11)18-12-2-3-13(15)10(6-12)4-5-14/h2-3,6-9,18H,4,15H2,1H3,(H,16,17). The molecule has 0 aliphatic rings. The van der Waals surface area contributed by atoms with Gasteiger partial charge in [-0.2, -0.15) is 10.4 Å². The molecule has 1 heterocycles. The predicted molar refractivity (Wildman–Crippen MR) is 70.8 cm³/mol. The van der Waals surface area contributed by atoms with Crippen molar-refractivity contribution in [2.75, 3.05) is 11.1 Å². The summed E-state index contributed by atoms with van der Waals surface area (Å²) >= 11 is 0. The predicted octanol–water partition coefficient (Wildman–Crippen LogP) is 2.23. The topological polar surface area (TPSA) is 90.5 Å². The van der Waals surface area contributed by atoms with Gasteiger partial charge in [-0.1, -0.05) is 0 Å². The smallest absolute Gasteiger partial charge is 0.0670 e. The summed E-state index contributed by atoms with van der Waals surface area (Å²) in [7, 11) is 0. The molecule has 2 aromatic rings. The monoisotopic (exact) mass is 241 g/mol. The third-order valence-corrected chi connectivity index (χ3v) is 2.82. The van der Waals surface area contributed by atoms with Gasteiger partial charge in [0, 0.05) is 23.1 Å². The maximum Gasteiger partial charge on any atom is 0.0670 e. The maximum atomic E-state index is 8.73. The number of rotatable bonds is 4. The molecule has 4 N–H and O–H groups in total. The van der Waals surface area contributed by atoms with Gasteiger partial charge in [-0.05, 0) is 30.7 Å². The minimum atomic E-state index is 0.141. The lowest BCUT2D eigenvalue weighted by atomic mass is 10.1. The van der Waals surface area contributed by atoms with E-state index >= 15 is 0 Å². The fourth-order valence-corrected chi connectivity index (χ4v) is 1.76. The Kier molecular flexibility index (Phi) is 3.49. The molecule has 0 aliphatic carbocycles. The second-order valence-electron chi connectivity index (χ2n) is 4.15. The van der Waals surface area contributed by atoms with Gasteiger partial charge >= 0.3 is 0 Å². The molecule has 92 valence electrons. The zero-order chi connectivity index (χ0) is 13.0. The van der Waals surface area contributed by atoms with E-state index in [9.17, 15) is 0 Å². The molecule has 0 bridgehead atoms. The molecule has 5 nitrogen and oxygen atoms in total. The molecule has 1 aromatic carbocycles. The van der Waals surface area contributed by atoms with Crippen LogP contribution in [-0.4, -0.2) is 10.2 Å². The molecule has 0 saturated carbocycles. The molecule has 0 radical (unpaired) electrons. The molecule has 0 aliphatic heterocycles. The van der Waals surface area contributed by atoms with Crippen LogP contribution in [0.15, 0.2) is 30.6 Å². The van der Waals surface area contributed by atoms with Crippen molar-refractivity contribution in [2.24, 2.45) is 0 Å². The summed E-state index contributed by atoms with van der Waals surface area (Å²) in [5.74, 6) is 0. The van der Waals surface area contributed by atoms with Crippen LogP contribution in [0.25, 0.3) is 0 Å². The summed E-state index contributed by atoms with van der Waals surface area (Å²) in [5, 5.41) is 18.8. The van der Waals surface area contributed by atoms with Crippen LogP contribution in [0.2, 0.25) is 0 Å². The Balaban J connectivity index is 2.15. The molecular weight excluding hydrogens is 226 g/mol. The quantitative estimate of drug-likeness (QED) is 0.716. The zero-order valence-electron chi connectivity index (χ0n) is 10.1. The normalized spacial score (nSPS) is 11.8. The second-order valence-corrected chi connectivity index (χ2v) is 4.15. The van der Waals surface area contributed by atoms with Crippen LogP contribution in [-0.2, 0) is 6.42 Å². The summed E-state index contributed by atoms with van der Waals surface area (Å²) in [5.41, 5.74) is 9.33. The number of hydrogen-bond acceptors (Lipinski definition) is 4. The number of nitrogens with two attached hydrogens (primary N) is 1. The number of benzene rings is 1. The Morgan fingerprint density at radius 2 is 2.39 bits per heavy atom. The molecule has 5 heteroatoms. The highest BCUT2D eigenvalue weighted by atomic mass is 15.1. The molecule has 1 aromatic heterocycles. The van der Waals surface area contributed by atoms with Gasteiger partial charge in [0.05, 0.1) is 24.7 Å². The van der Waals surface area contributed by atoms with Crippen LogP contribution in [0.5, 0.6) is 0 Å². The van der Waals surface area contributed by atoms with Crippen molar-refractivity contribution in [1.29, 1.82) is 5.26 Å². The van der Waals surface area contributed by atoms with E-state index in [4.69, 9.17) is 11.0 Å². The van der Waals surface area contributed by atoms with Gasteiger partial charge < -0.3 is 11.1 Å². The van der Waals surface area contributed by atoms with Crippen LogP contribution in [0.1, 0.15) is 24.1 Å². The SMILES string of the molecule is CC(Nc1ccc(N)c(CC#N)c1)c1cn[nH]c1. The van der Waals surface area contributed by atoms with Gasteiger partial charge in [-0.15, -0.1) is 0 Å². The van der Waals surface area contributed by atoms with Crippen molar-refractivity contribution in [3.8, 4) is 6.07 Å². The molecule has 1 unspecified atom stereocenters. The second kappa shape index (κ2) is 5.23. The summed E-state index contributed by atoms with van der Waals surface area (Å²) in [6.45, 7) is 2.05. The van der Waals surface area contributed by atoms with Crippen molar-refractivity contribution in [1.82, 2.24) is 10.2 Å². The highest BCUT2D eigenvalue weighted by Crippen LogP contribution is 2.22. The Morgan fingerprint density at radius 3 is 3.06 bits per heavy atom. The first-order valence-corrected chi connectivity index (χ1v) is 5.71. The average molecular weight is 241 g/mol. The Labute approximate surface area is 106 Å². The van der Waals surface area contributed by atoms with Crippen molar-refractivity contribution in [2.45, 2.75) is 19.4 Å². The number of nitrogens with zero attached hydrogens (tertiary/aromatic N) is 2. The maximum absolute atomic E-state index is 8.73. The molecule has 2 rings (SSSR count). The molecule has 0 fully saturated rings. The highest BCUT2D eigenvalue weighted by Gasteiger charge is 2.07. The first-order valence-electron chi connectivity index (χ1n) is 5.71. The van der Waals surface area contributed by atoms with Gasteiger partial charge in [0.15, 0.2) is 0 Å². The molecule has 18 heavy (non-hydrogen) atoms. The lowest BCUT2D eigenvalue weighted by molar-refractivity contribution is 0.885. The van der Waals surface area contributed by atoms with Crippen molar-refractivity contribution >= 4 is 11.4 Å². The van der Waals surface area contributed by atoms with E-state index in [-0.39, 0.29) is 6.04 Å². The van der Waals surface area contributed by atoms with Gasteiger partial charge in [0.1, 0.15) is 0 Å². The van der Waals surface area contributed by atoms with Crippen molar-refractivity contribution in [3.05, 3.63) is 41.7 Å². The van der Waals surface area contributed by atoms with E-state index in [0.717, 1.165) is 16.8 Å². The summed E-state index contributed by atoms with van der Waals surface area (Å²) in [6.07, 6.45) is 3.96. The van der Waals surface area contributed by atoms with Gasteiger partial charge in [0.25, 0.3) is 0 Å². The first kappa shape index (κ1) is 12.0. The van der Waals surface area contributed by atoms with Crippen LogP contribution < -0.4 is 11.1 Å². The van der Waals surface area contributed by atoms with Crippen LogP contribution in [0.3, 0.4) is 0 Å². The van der Waals surface area contributed by atoms with Crippen molar-refractivity contribution in [3.63, 3.8) is 0 Å². The molecule has 1 atom stereocenters. The highest BCUT2D eigenvalue weighted by molar-refractivity contribution is 5.58. The van der Waals surface area contributed by atoms with Crippen LogP contribution in [0, 0.1) is 11.3 Å². The molecule has 0 spiro atoms. The summed E-state index contributed by atoms with van der Waals surface area (Å²) < 4.78 is 0. The van der Waals surface area contributed by atoms with E-state index in [1.165, 1.54) is 0 Å². The van der Waals surface area contributed by atoms with Gasteiger partial charge in [0.2, 0.25) is 0 Å². The number of anilines is 2. The number of hydrogen-bond donors (Lipinski definition) is 3. The third kappa shape index (κ3) is 2.61. The number of nitrogen functional groups attached to an aromatic ring is 1. The first-order chi connectivity index (χ1) is 8.70. The summed E-state index contributed by atoms with van der Waals surface area (Å²) in [4.78, 5) is 0. The minimum absolute atomic E-state index is 0.141. The number of nitriles is 1. The Morgan fingerprint density at radius 1 is 1.56 bits per heavy atom. The number of aromatic amines is 1. The van der Waals surface area contributed by atoms with Crippen LogP contribution >= 0.6 is 0 Å². The number of nitrogens with one attached hydrogen (secondary N) is 2. The van der Waals surface area contributed by atoms with E-state index in [0.29, 0.717) is 12.1 Å². The fourth-order valence-electron chi connectivity index (χ4n) is 1.76. The number of aromatic nitrogens is 2. The summed E-state index contributed by atoms with van der Waals surface area (Å²) in [6, 6.07) is 7.89. The lowest BCUT2D eigenvalue weighted by Gasteiger charge is -2.14. The van der Waals surface area contributed by atoms with E-state index < -0.39 is 0 Å². The third-order valence-electron chi connectivity index (χ3n) is 2.82. The van der Waals surface area contributed by atoms with E-state index in [2.05, 4.69) is 21.6 Å². The Hall–Kier alpha value is -2.48. The van der Waals surface area contributed by atoms with Gasteiger partial charge in [-0.3, -0.25) is 5.10 Å². The van der Waals surface area contributed by atoms with E-state index in [1.54, 1.807) is 6.20 Å². The van der Waals surface area contributed by atoms with Crippen LogP contribution in [0.4, 0.5) is 11.4 Å². The van der Waals surface area contributed by atoms with Crippen molar-refractivity contribution < 1.29 is 0 Å². The minimum Gasteiger partial charge on any atom is -0.398 e. The fraction of sp³-hybridized carbons (Fsp3) is 0.231. The zero-order valence-corrected chi connectivity index (χ0v) is 10.1. The van der Waals surface area contributed by atoms with E-state index in [1.807, 2.05) is 31.3 Å². The molecule has 0 amide bonds.